The quantitative estimate of drug-likeness (QED) is 0.736. The third kappa shape index (κ3) is 1.91. The van der Waals surface area contributed by atoms with Gasteiger partial charge >= 0.3 is 0 Å². The molecule has 0 aromatic carbocycles. The maximum absolute atomic E-state index is 11.8. The Bertz CT molecular complexity index is 498. The Morgan fingerprint density at radius 3 is 2.67 bits per heavy atom. The van der Waals surface area contributed by atoms with Crippen LogP contribution < -0.4 is 0 Å². The van der Waals surface area contributed by atoms with Gasteiger partial charge in [0.25, 0.3) is 0 Å². The van der Waals surface area contributed by atoms with Gasteiger partial charge in [0.2, 0.25) is 0 Å². The van der Waals surface area contributed by atoms with Crippen molar-refractivity contribution in [2.24, 2.45) is 0 Å². The average molecular weight is 224 g/mol. The van der Waals surface area contributed by atoms with Gasteiger partial charge in [-0.15, -0.1) is 0 Å². The van der Waals surface area contributed by atoms with Gasteiger partial charge in [-0.1, -0.05) is 20.8 Å². The number of rotatable bonds is 0. The molecule has 0 saturated carbocycles. The lowest BCUT2D eigenvalue weighted by atomic mass is 9.87. The van der Waals surface area contributed by atoms with E-state index in [9.17, 15) is 4.21 Å². The maximum Gasteiger partial charge on any atom is 0.0590 e. The first-order chi connectivity index (χ1) is 6.80. The Kier molecular flexibility index (Phi) is 2.15. The van der Waals surface area contributed by atoms with Gasteiger partial charge in [0.15, 0.2) is 0 Å². The molecule has 1 aliphatic heterocycles. The Hall–Kier alpha value is -0.900. The van der Waals surface area contributed by atoms with E-state index in [4.69, 9.17) is 4.78 Å². The normalized spacial score (nSPS) is 25.3. The number of hydrogen-bond acceptors (Lipinski definition) is 3. The predicted molar refractivity (Wildman–Crippen MR) is 61.2 cm³/mol. The molecule has 1 atom stereocenters. The molecule has 0 saturated heterocycles. The highest BCUT2D eigenvalue weighted by atomic mass is 32.2. The summed E-state index contributed by atoms with van der Waals surface area (Å²) in [5.74, 6) is 0.775. The van der Waals surface area contributed by atoms with Gasteiger partial charge in [-0.2, -0.15) is 0 Å². The molecule has 1 aromatic heterocycles. The standard InChI is InChI=1S/C11H16N2OS/c1-11(2,3)10-9-7-15(12,14)6-8(9)4-5-13-10/h4-5,12H,6-7H2,1-3H3/t15-/m1/s1. The summed E-state index contributed by atoms with van der Waals surface area (Å²) in [5.41, 5.74) is 3.06. The first-order valence-corrected chi connectivity index (χ1v) is 6.91. The molecule has 1 aromatic rings. The van der Waals surface area contributed by atoms with Crippen LogP contribution in [0.5, 0.6) is 0 Å². The van der Waals surface area contributed by atoms with Crippen LogP contribution in [-0.4, -0.2) is 9.19 Å². The summed E-state index contributed by atoms with van der Waals surface area (Å²) in [4.78, 5) is 4.38. The van der Waals surface area contributed by atoms with Crippen molar-refractivity contribution in [2.75, 3.05) is 0 Å². The summed E-state index contributed by atoms with van der Waals surface area (Å²) in [6.45, 7) is 6.29. The highest BCUT2D eigenvalue weighted by Gasteiger charge is 2.29. The summed E-state index contributed by atoms with van der Waals surface area (Å²) in [6, 6.07) is 1.89. The van der Waals surface area contributed by atoms with Crippen LogP contribution in [-0.2, 0) is 26.6 Å². The third-order valence-electron chi connectivity index (χ3n) is 2.63. The highest BCUT2D eigenvalue weighted by molar-refractivity contribution is 7.91. The van der Waals surface area contributed by atoms with Gasteiger partial charge < -0.3 is 0 Å². The molecule has 0 fully saturated rings. The fourth-order valence-corrected chi connectivity index (χ4v) is 3.67. The zero-order valence-corrected chi connectivity index (χ0v) is 10.1. The van der Waals surface area contributed by atoms with Crippen molar-refractivity contribution in [1.82, 2.24) is 4.98 Å². The van der Waals surface area contributed by atoms with E-state index in [-0.39, 0.29) is 5.41 Å². The van der Waals surface area contributed by atoms with Crippen molar-refractivity contribution < 1.29 is 4.21 Å². The van der Waals surface area contributed by atoms with Crippen molar-refractivity contribution in [3.05, 3.63) is 29.1 Å². The smallest absolute Gasteiger partial charge is 0.0590 e. The topological polar surface area (TPSA) is 53.8 Å². The molecule has 2 heterocycles. The van der Waals surface area contributed by atoms with Crippen LogP contribution >= 0.6 is 0 Å². The van der Waals surface area contributed by atoms with Crippen LogP contribution in [0.3, 0.4) is 0 Å². The van der Waals surface area contributed by atoms with Crippen LogP contribution in [0.15, 0.2) is 12.3 Å². The molecule has 0 aliphatic carbocycles. The van der Waals surface area contributed by atoms with E-state index >= 15 is 0 Å². The van der Waals surface area contributed by atoms with Crippen LogP contribution in [0.25, 0.3) is 0 Å². The molecule has 0 bridgehead atoms. The van der Waals surface area contributed by atoms with E-state index in [1.54, 1.807) is 6.20 Å². The molecule has 0 radical (unpaired) electrons. The van der Waals surface area contributed by atoms with Crippen molar-refractivity contribution in [3.63, 3.8) is 0 Å². The lowest BCUT2D eigenvalue weighted by molar-refractivity contribution is 0.563. The van der Waals surface area contributed by atoms with Crippen molar-refractivity contribution in [3.8, 4) is 0 Å². The van der Waals surface area contributed by atoms with Gasteiger partial charge in [-0.3, -0.25) is 9.76 Å². The van der Waals surface area contributed by atoms with Crippen molar-refractivity contribution in [1.29, 1.82) is 4.78 Å². The largest absolute Gasteiger partial charge is 0.260 e. The number of fused-ring (bicyclic) bond motifs is 1. The fraction of sp³-hybridized carbons (Fsp3) is 0.545. The summed E-state index contributed by atoms with van der Waals surface area (Å²) < 4.78 is 19.4. The molecule has 15 heavy (non-hydrogen) atoms. The van der Waals surface area contributed by atoms with Crippen LogP contribution in [0.2, 0.25) is 0 Å². The van der Waals surface area contributed by atoms with E-state index < -0.39 is 9.73 Å². The van der Waals surface area contributed by atoms with Crippen LogP contribution in [0, 0.1) is 4.78 Å². The Balaban J connectivity index is 2.61. The van der Waals surface area contributed by atoms with Gasteiger partial charge in [-0.05, 0) is 17.2 Å². The lowest BCUT2D eigenvalue weighted by Gasteiger charge is -2.20. The molecule has 1 N–H and O–H groups in total. The molecule has 0 unspecified atom stereocenters. The third-order valence-corrected chi connectivity index (χ3v) is 4.16. The minimum atomic E-state index is -2.43. The van der Waals surface area contributed by atoms with Gasteiger partial charge in [0, 0.05) is 11.6 Å². The van der Waals surface area contributed by atoms with Gasteiger partial charge in [-0.25, -0.2) is 4.21 Å². The summed E-state index contributed by atoms with van der Waals surface area (Å²) in [6.07, 6.45) is 1.76. The summed E-state index contributed by atoms with van der Waals surface area (Å²) in [7, 11) is -2.43. The summed E-state index contributed by atoms with van der Waals surface area (Å²) >= 11 is 0. The number of nitrogens with one attached hydrogen (secondary N) is 1. The number of nitrogens with zero attached hydrogens (tertiary/aromatic N) is 1. The van der Waals surface area contributed by atoms with E-state index in [0.717, 1.165) is 16.8 Å². The molecular weight excluding hydrogens is 208 g/mol. The number of pyridine rings is 1. The molecule has 82 valence electrons. The first kappa shape index (κ1) is 10.6. The average Bonchev–Trinajstić information content (AvgIpc) is 2.35. The SMILES string of the molecule is CC(C)(C)c1nccc2c1C[S@](=N)(=O)C2. The van der Waals surface area contributed by atoms with E-state index in [2.05, 4.69) is 25.8 Å². The minimum Gasteiger partial charge on any atom is -0.260 e. The van der Waals surface area contributed by atoms with Crippen LogP contribution in [0.1, 0.15) is 37.6 Å². The van der Waals surface area contributed by atoms with E-state index in [1.165, 1.54) is 0 Å². The number of hydrogen-bond donors (Lipinski definition) is 1. The second-order valence-corrected chi connectivity index (χ2v) is 7.35. The monoisotopic (exact) mass is 224 g/mol. The molecule has 0 spiro atoms. The molecule has 1 aliphatic rings. The molecule has 0 amide bonds. The zero-order chi connectivity index (χ0) is 11.3. The van der Waals surface area contributed by atoms with Crippen LogP contribution in [0.4, 0.5) is 0 Å². The molecular formula is C11H16N2OS. The Morgan fingerprint density at radius 2 is 2.07 bits per heavy atom. The van der Waals surface area contributed by atoms with Crippen molar-refractivity contribution >= 4 is 9.73 Å². The second-order valence-electron chi connectivity index (χ2n) is 5.15. The Labute approximate surface area is 90.9 Å². The van der Waals surface area contributed by atoms with E-state index in [0.29, 0.717) is 11.5 Å². The molecule has 3 nitrogen and oxygen atoms in total. The first-order valence-electron chi connectivity index (χ1n) is 5.01. The Morgan fingerprint density at radius 1 is 1.40 bits per heavy atom. The zero-order valence-electron chi connectivity index (χ0n) is 9.33. The molecule has 2 rings (SSSR count). The second kappa shape index (κ2) is 3.04. The number of aromatic nitrogens is 1. The molecule has 4 heteroatoms. The summed E-state index contributed by atoms with van der Waals surface area (Å²) in [5, 5.41) is 0. The van der Waals surface area contributed by atoms with Crippen molar-refractivity contribution in [2.45, 2.75) is 37.7 Å². The van der Waals surface area contributed by atoms with E-state index in [1.807, 2.05) is 6.07 Å². The predicted octanol–water partition coefficient (Wildman–Crippen LogP) is 2.44. The van der Waals surface area contributed by atoms with Gasteiger partial charge in [0.05, 0.1) is 26.9 Å². The van der Waals surface area contributed by atoms with Gasteiger partial charge in [0.1, 0.15) is 0 Å². The maximum atomic E-state index is 11.8. The highest BCUT2D eigenvalue weighted by Crippen LogP contribution is 2.33. The minimum absolute atomic E-state index is 0.0365. The lowest BCUT2D eigenvalue weighted by Crippen LogP contribution is -2.16. The fourth-order valence-electron chi connectivity index (χ4n) is 2.01.